The van der Waals surface area contributed by atoms with Crippen LogP contribution in [0.5, 0.6) is 0 Å². The minimum absolute atomic E-state index is 0.189. The highest BCUT2D eigenvalue weighted by Crippen LogP contribution is 2.24. The predicted octanol–water partition coefficient (Wildman–Crippen LogP) is 0.422. The number of amides is 1. The second kappa shape index (κ2) is 4.94. The molecule has 0 aromatic heterocycles. The molecular formula is C11H20N2O2. The van der Waals surface area contributed by atoms with Crippen LogP contribution in [-0.4, -0.2) is 37.2 Å². The summed E-state index contributed by atoms with van der Waals surface area (Å²) < 4.78 is 5.50. The molecule has 15 heavy (non-hydrogen) atoms. The monoisotopic (exact) mass is 212 g/mol. The summed E-state index contributed by atoms with van der Waals surface area (Å²) in [5, 5.41) is 6.46. The van der Waals surface area contributed by atoms with Crippen LogP contribution in [0.2, 0.25) is 0 Å². The molecule has 0 radical (unpaired) electrons. The van der Waals surface area contributed by atoms with Crippen LogP contribution in [0, 0.1) is 0 Å². The molecule has 2 N–H and O–H groups in total. The first-order valence-corrected chi connectivity index (χ1v) is 5.92. The highest BCUT2D eigenvalue weighted by molar-refractivity contribution is 5.76. The zero-order chi connectivity index (χ0) is 10.7. The Balaban J connectivity index is 1.61. The van der Waals surface area contributed by atoms with Gasteiger partial charge >= 0.3 is 0 Å². The molecule has 4 heteroatoms. The van der Waals surface area contributed by atoms with Crippen LogP contribution in [0.15, 0.2) is 0 Å². The number of carbonyl (C=O) groups is 1. The van der Waals surface area contributed by atoms with E-state index in [-0.39, 0.29) is 5.91 Å². The van der Waals surface area contributed by atoms with Crippen molar-refractivity contribution < 1.29 is 9.53 Å². The highest BCUT2D eigenvalue weighted by Gasteiger charge is 2.31. The van der Waals surface area contributed by atoms with Gasteiger partial charge in [-0.05, 0) is 26.2 Å². The molecule has 2 fully saturated rings. The fourth-order valence-corrected chi connectivity index (χ4v) is 2.28. The predicted molar refractivity (Wildman–Crippen MR) is 57.6 cm³/mol. The SMILES string of the molecule is CCOC1CC(NC2CCC(=O)NC2)C1. The van der Waals surface area contributed by atoms with Gasteiger partial charge in [0.05, 0.1) is 6.10 Å². The minimum Gasteiger partial charge on any atom is -0.378 e. The summed E-state index contributed by atoms with van der Waals surface area (Å²) in [6.07, 6.45) is 4.35. The van der Waals surface area contributed by atoms with Crippen LogP contribution < -0.4 is 10.6 Å². The lowest BCUT2D eigenvalue weighted by molar-refractivity contribution is -0.122. The van der Waals surface area contributed by atoms with E-state index in [1.54, 1.807) is 0 Å². The molecule has 1 aliphatic carbocycles. The summed E-state index contributed by atoms with van der Waals surface area (Å²) in [7, 11) is 0. The standard InChI is InChI=1S/C11H20N2O2/c1-2-15-10-5-9(6-10)13-8-3-4-11(14)12-7-8/h8-10,13H,2-7H2,1H3,(H,12,14). The van der Waals surface area contributed by atoms with Gasteiger partial charge in [-0.15, -0.1) is 0 Å². The van der Waals surface area contributed by atoms with E-state index in [9.17, 15) is 4.79 Å². The average Bonchev–Trinajstić information content (AvgIpc) is 2.18. The summed E-state index contributed by atoms with van der Waals surface area (Å²) >= 11 is 0. The molecule has 1 heterocycles. The van der Waals surface area contributed by atoms with Gasteiger partial charge in [0.1, 0.15) is 0 Å². The van der Waals surface area contributed by atoms with Gasteiger partial charge in [0, 0.05) is 31.7 Å². The number of rotatable bonds is 4. The van der Waals surface area contributed by atoms with Gasteiger partial charge < -0.3 is 15.4 Å². The van der Waals surface area contributed by atoms with Crippen molar-refractivity contribution in [3.63, 3.8) is 0 Å². The maximum atomic E-state index is 11.0. The molecule has 1 amide bonds. The van der Waals surface area contributed by atoms with Crippen molar-refractivity contribution in [3.8, 4) is 0 Å². The van der Waals surface area contributed by atoms with Gasteiger partial charge in [0.2, 0.25) is 5.91 Å². The third-order valence-corrected chi connectivity index (χ3v) is 3.23. The number of nitrogens with one attached hydrogen (secondary N) is 2. The molecule has 0 spiro atoms. The second-order valence-electron chi connectivity index (χ2n) is 4.45. The first kappa shape index (κ1) is 10.9. The summed E-state index contributed by atoms with van der Waals surface area (Å²) in [6.45, 7) is 3.64. The Kier molecular flexibility index (Phi) is 3.59. The smallest absolute Gasteiger partial charge is 0.220 e. The lowest BCUT2D eigenvalue weighted by Crippen LogP contribution is -2.54. The number of hydrogen-bond acceptors (Lipinski definition) is 3. The molecule has 0 bridgehead atoms. The number of piperidine rings is 1. The lowest BCUT2D eigenvalue weighted by atomic mass is 9.88. The van der Waals surface area contributed by atoms with Gasteiger partial charge in [0.25, 0.3) is 0 Å². The van der Waals surface area contributed by atoms with E-state index in [1.807, 2.05) is 6.92 Å². The van der Waals surface area contributed by atoms with Crippen LogP contribution >= 0.6 is 0 Å². The van der Waals surface area contributed by atoms with Crippen LogP contribution in [-0.2, 0) is 9.53 Å². The Labute approximate surface area is 90.8 Å². The van der Waals surface area contributed by atoms with Crippen molar-refractivity contribution in [3.05, 3.63) is 0 Å². The summed E-state index contributed by atoms with van der Waals surface area (Å²) in [4.78, 5) is 11.0. The first-order chi connectivity index (χ1) is 7.28. The summed E-state index contributed by atoms with van der Waals surface area (Å²) in [5.74, 6) is 0.189. The minimum atomic E-state index is 0.189. The number of carbonyl (C=O) groups excluding carboxylic acids is 1. The molecule has 0 aromatic rings. The van der Waals surface area contributed by atoms with Crippen LogP contribution in [0.4, 0.5) is 0 Å². The molecular weight excluding hydrogens is 192 g/mol. The topological polar surface area (TPSA) is 50.4 Å². The third-order valence-electron chi connectivity index (χ3n) is 3.23. The Bertz CT molecular complexity index is 217. The molecule has 1 saturated heterocycles. The fourth-order valence-electron chi connectivity index (χ4n) is 2.28. The van der Waals surface area contributed by atoms with E-state index >= 15 is 0 Å². The first-order valence-electron chi connectivity index (χ1n) is 5.92. The Morgan fingerprint density at radius 3 is 2.87 bits per heavy atom. The van der Waals surface area contributed by atoms with Gasteiger partial charge in [-0.3, -0.25) is 4.79 Å². The third kappa shape index (κ3) is 2.92. The van der Waals surface area contributed by atoms with E-state index in [2.05, 4.69) is 10.6 Å². The summed E-state index contributed by atoms with van der Waals surface area (Å²) in [6, 6.07) is 1.07. The molecule has 1 unspecified atom stereocenters. The van der Waals surface area contributed by atoms with E-state index < -0.39 is 0 Å². The molecule has 86 valence electrons. The highest BCUT2D eigenvalue weighted by atomic mass is 16.5. The largest absolute Gasteiger partial charge is 0.378 e. The van der Waals surface area contributed by atoms with E-state index in [0.717, 1.165) is 32.4 Å². The Morgan fingerprint density at radius 2 is 2.27 bits per heavy atom. The molecule has 0 aromatic carbocycles. The van der Waals surface area contributed by atoms with Crippen molar-refractivity contribution in [1.29, 1.82) is 0 Å². The Morgan fingerprint density at radius 1 is 1.47 bits per heavy atom. The van der Waals surface area contributed by atoms with Gasteiger partial charge in [0.15, 0.2) is 0 Å². The maximum absolute atomic E-state index is 11.0. The van der Waals surface area contributed by atoms with Crippen LogP contribution in [0.1, 0.15) is 32.6 Å². The Hall–Kier alpha value is -0.610. The zero-order valence-corrected chi connectivity index (χ0v) is 9.29. The van der Waals surface area contributed by atoms with Crippen molar-refractivity contribution in [2.75, 3.05) is 13.2 Å². The van der Waals surface area contributed by atoms with Crippen LogP contribution in [0.25, 0.3) is 0 Å². The fraction of sp³-hybridized carbons (Fsp3) is 0.909. The van der Waals surface area contributed by atoms with E-state index in [0.29, 0.717) is 24.6 Å². The molecule has 2 aliphatic rings. The van der Waals surface area contributed by atoms with Crippen molar-refractivity contribution in [2.24, 2.45) is 0 Å². The lowest BCUT2D eigenvalue weighted by Gasteiger charge is -2.38. The van der Waals surface area contributed by atoms with Crippen molar-refractivity contribution >= 4 is 5.91 Å². The van der Waals surface area contributed by atoms with E-state index in [1.165, 1.54) is 0 Å². The quantitative estimate of drug-likeness (QED) is 0.710. The van der Waals surface area contributed by atoms with Gasteiger partial charge in [-0.2, -0.15) is 0 Å². The molecule has 1 saturated carbocycles. The van der Waals surface area contributed by atoms with Crippen molar-refractivity contribution in [2.45, 2.75) is 50.8 Å². The zero-order valence-electron chi connectivity index (χ0n) is 9.29. The normalized spacial score (nSPS) is 35.8. The van der Waals surface area contributed by atoms with Crippen LogP contribution in [0.3, 0.4) is 0 Å². The molecule has 4 nitrogen and oxygen atoms in total. The van der Waals surface area contributed by atoms with Gasteiger partial charge in [-0.25, -0.2) is 0 Å². The van der Waals surface area contributed by atoms with Gasteiger partial charge in [-0.1, -0.05) is 0 Å². The van der Waals surface area contributed by atoms with E-state index in [4.69, 9.17) is 4.74 Å². The number of hydrogen-bond donors (Lipinski definition) is 2. The summed E-state index contributed by atoms with van der Waals surface area (Å²) in [5.41, 5.74) is 0. The van der Waals surface area contributed by atoms with Crippen molar-refractivity contribution in [1.82, 2.24) is 10.6 Å². The maximum Gasteiger partial charge on any atom is 0.220 e. The number of ether oxygens (including phenoxy) is 1. The average molecular weight is 212 g/mol. The molecule has 1 aliphatic heterocycles. The second-order valence-corrected chi connectivity index (χ2v) is 4.45. The molecule has 1 atom stereocenters. The molecule has 2 rings (SSSR count).